The monoisotopic (exact) mass is 430 g/mol. The molecule has 4 rings (SSSR count). The van der Waals surface area contributed by atoms with Crippen LogP contribution in [-0.2, 0) is 5.41 Å². The van der Waals surface area contributed by atoms with Gasteiger partial charge in [0.1, 0.15) is 5.75 Å². The molecule has 1 aliphatic rings. The van der Waals surface area contributed by atoms with E-state index in [1.807, 2.05) is 39.0 Å². The first-order chi connectivity index (χ1) is 14.5. The molecule has 7 heteroatoms. The van der Waals surface area contributed by atoms with Gasteiger partial charge in [0.15, 0.2) is 0 Å². The Kier molecular flexibility index (Phi) is 5.03. The zero-order chi connectivity index (χ0) is 22.6. The van der Waals surface area contributed by atoms with E-state index < -0.39 is 29.1 Å². The molecular formula is C24H25F3N2O2. The molecule has 1 heterocycles. The topological polar surface area (TPSA) is 43.3 Å². The van der Waals surface area contributed by atoms with Crippen LogP contribution in [0.1, 0.15) is 43.0 Å². The van der Waals surface area contributed by atoms with Gasteiger partial charge in [0.2, 0.25) is 0 Å². The number of benzene rings is 2. The Bertz CT molecular complexity index is 1200. The number of halogens is 3. The molecule has 3 aromatic rings. The lowest BCUT2D eigenvalue weighted by Crippen LogP contribution is -2.46. The van der Waals surface area contributed by atoms with Gasteiger partial charge < -0.3 is 10.2 Å². The van der Waals surface area contributed by atoms with Gasteiger partial charge in [-0.15, -0.1) is 0 Å². The zero-order valence-electron chi connectivity index (χ0n) is 17.9. The smallest absolute Gasteiger partial charge is 0.394 e. The third-order valence-electron chi connectivity index (χ3n) is 6.13. The Morgan fingerprint density at radius 3 is 2.52 bits per heavy atom. The van der Waals surface area contributed by atoms with E-state index in [4.69, 9.17) is 4.74 Å². The summed E-state index contributed by atoms with van der Waals surface area (Å²) in [4.78, 5) is 12.7. The SMILES string of the molecule is COc1cc(C)cc2c1C(C)(C)CC(C(F)(F)F)C2Nn1c(=O)ccc2ccccc21. The molecule has 0 saturated carbocycles. The first kappa shape index (κ1) is 21.3. The standard InChI is InChI=1S/C24H25F3N2O2/c1-14-11-16-21(19(12-14)31-4)23(2,3)13-17(24(25,26)27)22(16)28-29-18-8-6-5-7-15(18)9-10-20(29)30/h5-12,17,22,28H,13H2,1-4H3. The molecule has 0 spiro atoms. The zero-order valence-corrected chi connectivity index (χ0v) is 17.9. The van der Waals surface area contributed by atoms with E-state index in [2.05, 4.69) is 5.43 Å². The molecule has 164 valence electrons. The fraction of sp³-hybridized carbons (Fsp3) is 0.375. The molecule has 0 radical (unpaired) electrons. The van der Waals surface area contributed by atoms with Gasteiger partial charge in [-0.2, -0.15) is 13.2 Å². The molecule has 1 aliphatic carbocycles. The van der Waals surface area contributed by atoms with Crippen LogP contribution in [0.3, 0.4) is 0 Å². The van der Waals surface area contributed by atoms with Gasteiger partial charge in [-0.1, -0.05) is 38.1 Å². The van der Waals surface area contributed by atoms with Gasteiger partial charge in [-0.25, -0.2) is 4.68 Å². The Morgan fingerprint density at radius 1 is 1.13 bits per heavy atom. The van der Waals surface area contributed by atoms with Crippen molar-refractivity contribution in [3.05, 3.63) is 75.6 Å². The summed E-state index contributed by atoms with van der Waals surface area (Å²) in [5.41, 5.74) is 4.36. The third-order valence-corrected chi connectivity index (χ3v) is 6.13. The van der Waals surface area contributed by atoms with Crippen molar-refractivity contribution in [1.29, 1.82) is 0 Å². The van der Waals surface area contributed by atoms with Crippen LogP contribution in [0.4, 0.5) is 13.2 Å². The highest BCUT2D eigenvalue weighted by atomic mass is 19.4. The summed E-state index contributed by atoms with van der Waals surface area (Å²) < 4.78 is 49.6. The largest absolute Gasteiger partial charge is 0.496 e. The number of ether oxygens (including phenoxy) is 1. The summed E-state index contributed by atoms with van der Waals surface area (Å²) in [6.07, 6.45) is -4.57. The van der Waals surface area contributed by atoms with Gasteiger partial charge >= 0.3 is 6.18 Å². The summed E-state index contributed by atoms with van der Waals surface area (Å²) in [5.74, 6) is -1.11. The van der Waals surface area contributed by atoms with Crippen LogP contribution in [0.2, 0.25) is 0 Å². The Hall–Kier alpha value is -2.96. The van der Waals surface area contributed by atoms with Crippen LogP contribution in [0.25, 0.3) is 10.9 Å². The Morgan fingerprint density at radius 2 is 1.84 bits per heavy atom. The van der Waals surface area contributed by atoms with E-state index in [0.29, 0.717) is 16.8 Å². The predicted molar refractivity (Wildman–Crippen MR) is 115 cm³/mol. The number of hydrogen-bond acceptors (Lipinski definition) is 3. The van der Waals surface area contributed by atoms with Gasteiger partial charge in [-0.05, 0) is 48.1 Å². The van der Waals surface area contributed by atoms with E-state index in [-0.39, 0.29) is 6.42 Å². The molecule has 1 aromatic heterocycles. The number of fused-ring (bicyclic) bond motifs is 2. The number of hydrogen-bond donors (Lipinski definition) is 1. The highest BCUT2D eigenvalue weighted by Crippen LogP contribution is 2.53. The first-order valence-corrected chi connectivity index (χ1v) is 10.2. The minimum atomic E-state index is -4.45. The van der Waals surface area contributed by atoms with Crippen LogP contribution in [0.5, 0.6) is 5.75 Å². The average Bonchev–Trinajstić information content (AvgIpc) is 2.69. The number of para-hydroxylation sites is 1. The molecule has 4 nitrogen and oxygen atoms in total. The van der Waals surface area contributed by atoms with E-state index in [1.54, 1.807) is 24.3 Å². The second-order valence-electron chi connectivity index (χ2n) is 8.84. The molecular weight excluding hydrogens is 405 g/mol. The van der Waals surface area contributed by atoms with Crippen molar-refractivity contribution in [3.63, 3.8) is 0 Å². The lowest BCUT2D eigenvalue weighted by Gasteiger charge is -2.44. The van der Waals surface area contributed by atoms with E-state index in [0.717, 1.165) is 16.5 Å². The Balaban J connectivity index is 1.97. The molecule has 0 aliphatic heterocycles. The molecule has 0 amide bonds. The molecule has 0 fully saturated rings. The fourth-order valence-corrected chi connectivity index (χ4v) is 4.82. The quantitative estimate of drug-likeness (QED) is 0.600. The molecule has 1 N–H and O–H groups in total. The van der Waals surface area contributed by atoms with Crippen molar-refractivity contribution in [2.45, 2.75) is 44.8 Å². The predicted octanol–water partition coefficient (Wildman–Crippen LogP) is 5.46. The summed E-state index contributed by atoms with van der Waals surface area (Å²) in [6.45, 7) is 5.44. The minimum Gasteiger partial charge on any atom is -0.496 e. The number of methoxy groups -OCH3 is 1. The van der Waals surface area contributed by atoms with Gasteiger partial charge in [0.05, 0.1) is 24.6 Å². The maximum Gasteiger partial charge on any atom is 0.394 e. The summed E-state index contributed by atoms with van der Waals surface area (Å²) in [7, 11) is 1.53. The fourth-order valence-electron chi connectivity index (χ4n) is 4.82. The van der Waals surface area contributed by atoms with Crippen molar-refractivity contribution in [3.8, 4) is 5.75 Å². The molecule has 2 unspecified atom stereocenters. The lowest BCUT2D eigenvalue weighted by molar-refractivity contribution is -0.187. The minimum absolute atomic E-state index is 0.125. The second kappa shape index (κ2) is 7.32. The van der Waals surface area contributed by atoms with Crippen LogP contribution < -0.4 is 15.7 Å². The number of nitrogens with one attached hydrogen (secondary N) is 1. The maximum absolute atomic E-state index is 14.3. The Labute approximate surface area is 178 Å². The number of aromatic nitrogens is 1. The van der Waals surface area contributed by atoms with Crippen molar-refractivity contribution in [1.82, 2.24) is 4.68 Å². The molecule has 0 bridgehead atoms. The summed E-state index contributed by atoms with van der Waals surface area (Å²) >= 11 is 0. The molecule has 31 heavy (non-hydrogen) atoms. The molecule has 2 aromatic carbocycles. The van der Waals surface area contributed by atoms with Crippen LogP contribution >= 0.6 is 0 Å². The lowest BCUT2D eigenvalue weighted by atomic mass is 9.65. The van der Waals surface area contributed by atoms with Crippen LogP contribution in [0.15, 0.2) is 53.3 Å². The summed E-state index contributed by atoms with van der Waals surface area (Å²) in [6, 6.07) is 12.6. The molecule has 0 saturated heterocycles. The van der Waals surface area contributed by atoms with Gasteiger partial charge in [-0.3, -0.25) is 4.79 Å². The average molecular weight is 430 g/mol. The van der Waals surface area contributed by atoms with E-state index in [1.165, 1.54) is 17.9 Å². The number of rotatable bonds is 3. The number of nitrogens with zero attached hydrogens (tertiary/aromatic N) is 1. The highest BCUT2D eigenvalue weighted by molar-refractivity contribution is 5.79. The van der Waals surface area contributed by atoms with Crippen molar-refractivity contribution in [2.24, 2.45) is 5.92 Å². The normalized spacial score (nSPS) is 20.4. The second-order valence-corrected chi connectivity index (χ2v) is 8.84. The van der Waals surface area contributed by atoms with E-state index in [9.17, 15) is 18.0 Å². The molecule has 2 atom stereocenters. The number of aryl methyl sites for hydroxylation is 1. The number of alkyl halides is 3. The van der Waals surface area contributed by atoms with Gasteiger partial charge in [0, 0.05) is 17.0 Å². The van der Waals surface area contributed by atoms with Crippen LogP contribution in [-0.4, -0.2) is 18.0 Å². The third kappa shape index (κ3) is 3.66. The van der Waals surface area contributed by atoms with E-state index >= 15 is 0 Å². The van der Waals surface area contributed by atoms with Crippen molar-refractivity contribution in [2.75, 3.05) is 12.5 Å². The highest BCUT2D eigenvalue weighted by Gasteiger charge is 2.53. The van der Waals surface area contributed by atoms with Crippen LogP contribution in [0, 0.1) is 12.8 Å². The van der Waals surface area contributed by atoms with Crippen molar-refractivity contribution < 1.29 is 17.9 Å². The summed E-state index contributed by atoms with van der Waals surface area (Å²) in [5, 5.41) is 0.761. The number of pyridine rings is 1. The first-order valence-electron chi connectivity index (χ1n) is 10.2. The van der Waals surface area contributed by atoms with Crippen molar-refractivity contribution >= 4 is 10.9 Å². The van der Waals surface area contributed by atoms with Gasteiger partial charge in [0.25, 0.3) is 5.56 Å². The maximum atomic E-state index is 14.3.